The van der Waals surface area contributed by atoms with Gasteiger partial charge in [-0.3, -0.25) is 4.79 Å². The molecule has 1 aromatic rings. The topological polar surface area (TPSA) is 92.5 Å². The lowest BCUT2D eigenvalue weighted by Crippen LogP contribution is -2.49. The Morgan fingerprint density at radius 3 is 2.50 bits per heavy atom. The van der Waals surface area contributed by atoms with Crippen LogP contribution >= 0.6 is 23.7 Å². The van der Waals surface area contributed by atoms with E-state index in [4.69, 9.17) is 5.73 Å². The Morgan fingerprint density at radius 1 is 1.29 bits per heavy atom. The molecule has 6 nitrogen and oxygen atoms in total. The number of carbonyl (C=O) groups excluding carboxylic acids is 1. The number of nitrogens with zero attached hydrogens (tertiary/aromatic N) is 1. The highest BCUT2D eigenvalue weighted by atomic mass is 35.5. The van der Waals surface area contributed by atoms with Crippen LogP contribution in [0.5, 0.6) is 0 Å². The Balaban J connectivity index is 0.00000288. The molecule has 138 valence electrons. The number of nitrogens with one attached hydrogen (secondary N) is 1. The molecule has 0 atom stereocenters. The van der Waals surface area contributed by atoms with Crippen LogP contribution in [0.2, 0.25) is 0 Å². The summed E-state index contributed by atoms with van der Waals surface area (Å²) in [4.78, 5) is 12.8. The fourth-order valence-electron chi connectivity index (χ4n) is 2.46. The third-order valence-electron chi connectivity index (χ3n) is 3.87. The monoisotopic (exact) mass is 395 g/mol. The fourth-order valence-corrected chi connectivity index (χ4v) is 5.48. The summed E-state index contributed by atoms with van der Waals surface area (Å²) >= 11 is 1.17. The zero-order chi connectivity index (χ0) is 17.1. The molecule has 1 fully saturated rings. The Hall–Kier alpha value is -0.670. The number of piperidine rings is 1. The normalized spacial score (nSPS) is 16.5. The number of amides is 1. The Kier molecular flexibility index (Phi) is 7.68. The van der Waals surface area contributed by atoms with Gasteiger partial charge < -0.3 is 11.1 Å². The molecule has 2 heterocycles. The van der Waals surface area contributed by atoms with Crippen LogP contribution in [0.3, 0.4) is 0 Å². The highest BCUT2D eigenvalue weighted by Crippen LogP contribution is 2.27. The predicted octanol–water partition coefficient (Wildman–Crippen LogP) is 1.74. The highest BCUT2D eigenvalue weighted by molar-refractivity contribution is 7.91. The minimum absolute atomic E-state index is 0. The lowest BCUT2D eigenvalue weighted by molar-refractivity contribution is -0.121. The first-order valence-corrected chi connectivity index (χ1v) is 10.1. The lowest BCUT2D eigenvalue weighted by Gasteiger charge is -2.25. The Bertz CT molecular complexity index is 653. The summed E-state index contributed by atoms with van der Waals surface area (Å²) in [5, 5.41) is 2.85. The van der Waals surface area contributed by atoms with Gasteiger partial charge in [-0.15, -0.1) is 23.7 Å². The molecule has 24 heavy (non-hydrogen) atoms. The smallest absolute Gasteiger partial charge is 0.252 e. The first-order valence-electron chi connectivity index (χ1n) is 7.84. The number of hydrogen-bond acceptors (Lipinski definition) is 5. The molecule has 9 heteroatoms. The van der Waals surface area contributed by atoms with E-state index in [1.165, 1.54) is 11.3 Å². The van der Waals surface area contributed by atoms with Crippen LogP contribution in [0.1, 0.15) is 38.0 Å². The molecule has 1 aromatic heterocycles. The first kappa shape index (κ1) is 21.4. The predicted molar refractivity (Wildman–Crippen MR) is 99.2 cm³/mol. The number of sulfonamides is 1. The molecule has 0 unspecified atom stereocenters. The SMILES string of the molecule is CC(C)(CN)NC(=O)Cc1ccc(S(=O)(=O)N2CCCCC2)s1.Cl. The van der Waals surface area contributed by atoms with Crippen molar-refractivity contribution in [2.45, 2.75) is 49.3 Å². The van der Waals surface area contributed by atoms with Gasteiger partial charge in [-0.2, -0.15) is 4.31 Å². The number of carbonyl (C=O) groups is 1. The molecule has 1 amide bonds. The molecule has 0 aliphatic carbocycles. The highest BCUT2D eigenvalue weighted by Gasteiger charge is 2.27. The van der Waals surface area contributed by atoms with Crippen LogP contribution in [0.15, 0.2) is 16.3 Å². The van der Waals surface area contributed by atoms with E-state index in [2.05, 4.69) is 5.32 Å². The second kappa shape index (κ2) is 8.62. The van der Waals surface area contributed by atoms with Gasteiger partial charge in [0.05, 0.1) is 6.42 Å². The van der Waals surface area contributed by atoms with E-state index in [0.29, 0.717) is 23.8 Å². The zero-order valence-electron chi connectivity index (χ0n) is 14.1. The van der Waals surface area contributed by atoms with Gasteiger partial charge in [0.1, 0.15) is 4.21 Å². The molecule has 2 rings (SSSR count). The van der Waals surface area contributed by atoms with E-state index in [0.717, 1.165) is 24.1 Å². The van der Waals surface area contributed by atoms with E-state index in [1.807, 2.05) is 13.8 Å². The van der Waals surface area contributed by atoms with Gasteiger partial charge in [0, 0.05) is 30.1 Å². The summed E-state index contributed by atoms with van der Waals surface area (Å²) in [6, 6.07) is 3.32. The third kappa shape index (κ3) is 5.42. The Labute approximate surface area is 154 Å². The van der Waals surface area contributed by atoms with Gasteiger partial charge in [0.2, 0.25) is 5.91 Å². The van der Waals surface area contributed by atoms with Crippen molar-refractivity contribution in [1.82, 2.24) is 9.62 Å². The summed E-state index contributed by atoms with van der Waals surface area (Å²) in [5.41, 5.74) is 5.13. The van der Waals surface area contributed by atoms with Crippen molar-refractivity contribution < 1.29 is 13.2 Å². The number of nitrogens with two attached hydrogens (primary N) is 1. The van der Waals surface area contributed by atoms with Gasteiger partial charge in [-0.25, -0.2) is 8.42 Å². The summed E-state index contributed by atoms with van der Waals surface area (Å²) in [7, 11) is -3.42. The van der Waals surface area contributed by atoms with Gasteiger partial charge >= 0.3 is 0 Å². The average molecular weight is 396 g/mol. The molecule has 1 saturated heterocycles. The summed E-state index contributed by atoms with van der Waals surface area (Å²) in [6.07, 6.45) is 3.07. The maximum absolute atomic E-state index is 12.6. The molecule has 1 aliphatic heterocycles. The average Bonchev–Trinajstić information content (AvgIpc) is 2.96. The molecular formula is C15H26ClN3O3S2. The van der Waals surface area contributed by atoms with Gasteiger partial charge in [-0.1, -0.05) is 6.42 Å². The number of rotatable bonds is 6. The molecule has 0 spiro atoms. The Morgan fingerprint density at radius 2 is 1.92 bits per heavy atom. The molecule has 0 bridgehead atoms. The summed E-state index contributed by atoms with van der Waals surface area (Å²) in [5.74, 6) is -0.149. The maximum Gasteiger partial charge on any atom is 0.252 e. The van der Waals surface area contributed by atoms with Gasteiger partial charge in [-0.05, 0) is 38.8 Å². The van der Waals surface area contributed by atoms with Crippen molar-refractivity contribution in [3.63, 3.8) is 0 Å². The molecule has 3 N–H and O–H groups in total. The summed E-state index contributed by atoms with van der Waals surface area (Å²) < 4.78 is 27.0. The molecule has 0 saturated carbocycles. The maximum atomic E-state index is 12.6. The third-order valence-corrected chi connectivity index (χ3v) is 7.32. The molecular weight excluding hydrogens is 370 g/mol. The van der Waals surface area contributed by atoms with Crippen LogP contribution in [-0.2, 0) is 21.2 Å². The summed E-state index contributed by atoms with van der Waals surface area (Å²) in [6.45, 7) is 5.22. The molecule has 1 aliphatic rings. The number of hydrogen-bond donors (Lipinski definition) is 2. The fraction of sp³-hybridized carbons (Fsp3) is 0.667. The number of thiophene rings is 1. The van der Waals surface area contributed by atoms with Crippen LogP contribution in [-0.4, -0.2) is 43.8 Å². The molecule has 0 radical (unpaired) electrons. The van der Waals surface area contributed by atoms with Crippen molar-refractivity contribution in [3.8, 4) is 0 Å². The second-order valence-electron chi connectivity index (χ2n) is 6.50. The van der Waals surface area contributed by atoms with E-state index < -0.39 is 15.6 Å². The quantitative estimate of drug-likeness (QED) is 0.767. The van der Waals surface area contributed by atoms with E-state index >= 15 is 0 Å². The van der Waals surface area contributed by atoms with E-state index in [1.54, 1.807) is 16.4 Å². The minimum atomic E-state index is -3.42. The second-order valence-corrected chi connectivity index (χ2v) is 9.83. The van der Waals surface area contributed by atoms with Gasteiger partial charge in [0.25, 0.3) is 10.0 Å². The van der Waals surface area contributed by atoms with Gasteiger partial charge in [0.15, 0.2) is 0 Å². The lowest BCUT2D eigenvalue weighted by atomic mass is 10.1. The van der Waals surface area contributed by atoms with Crippen LogP contribution in [0, 0.1) is 0 Å². The zero-order valence-corrected chi connectivity index (χ0v) is 16.5. The van der Waals surface area contributed by atoms with Crippen molar-refractivity contribution in [3.05, 3.63) is 17.0 Å². The first-order chi connectivity index (χ1) is 10.7. The standard InChI is InChI=1S/C15H25N3O3S2.ClH/c1-15(2,11-16)17-13(19)10-12-6-7-14(22-12)23(20,21)18-8-4-3-5-9-18;/h6-7H,3-5,8-11,16H2,1-2H3,(H,17,19);1H. The van der Waals surface area contributed by atoms with Crippen LogP contribution < -0.4 is 11.1 Å². The van der Waals surface area contributed by atoms with Crippen molar-refractivity contribution >= 4 is 39.7 Å². The van der Waals surface area contributed by atoms with Crippen LogP contribution in [0.4, 0.5) is 0 Å². The minimum Gasteiger partial charge on any atom is -0.350 e. The van der Waals surface area contributed by atoms with Crippen molar-refractivity contribution in [1.29, 1.82) is 0 Å². The van der Waals surface area contributed by atoms with E-state index in [9.17, 15) is 13.2 Å². The molecule has 0 aromatic carbocycles. The largest absolute Gasteiger partial charge is 0.350 e. The van der Waals surface area contributed by atoms with Crippen molar-refractivity contribution in [2.75, 3.05) is 19.6 Å². The number of halogens is 1. The van der Waals surface area contributed by atoms with E-state index in [-0.39, 0.29) is 24.7 Å². The van der Waals surface area contributed by atoms with Crippen LogP contribution in [0.25, 0.3) is 0 Å². The van der Waals surface area contributed by atoms with Crippen molar-refractivity contribution in [2.24, 2.45) is 5.73 Å².